The van der Waals surface area contributed by atoms with Crippen molar-refractivity contribution in [1.29, 1.82) is 0 Å². The number of thiocarbonyl (C=S) groups is 1. The summed E-state index contributed by atoms with van der Waals surface area (Å²) in [5.74, 6) is 0.914. The van der Waals surface area contributed by atoms with Crippen molar-refractivity contribution in [2.45, 2.75) is 26.2 Å². The van der Waals surface area contributed by atoms with Crippen LogP contribution in [0.2, 0.25) is 0 Å². The zero-order valence-electron chi connectivity index (χ0n) is 10.4. The molecule has 0 bridgehead atoms. The molecule has 2 nitrogen and oxygen atoms in total. The lowest BCUT2D eigenvalue weighted by Crippen LogP contribution is -2.26. The molecule has 17 heavy (non-hydrogen) atoms. The first kappa shape index (κ1) is 12.4. The van der Waals surface area contributed by atoms with Crippen molar-refractivity contribution < 1.29 is 0 Å². The van der Waals surface area contributed by atoms with Gasteiger partial charge in [-0.25, -0.2) is 0 Å². The Kier molecular flexibility index (Phi) is 4.00. The Hall–Kier alpha value is -1.09. The molecule has 0 amide bonds. The summed E-state index contributed by atoms with van der Waals surface area (Å²) >= 11 is 4.97. The zero-order valence-corrected chi connectivity index (χ0v) is 11.2. The first-order valence-corrected chi connectivity index (χ1v) is 6.76. The maximum Gasteiger partial charge on any atom is 0.103 e. The summed E-state index contributed by atoms with van der Waals surface area (Å²) in [4.78, 5) is 2.95. The summed E-state index contributed by atoms with van der Waals surface area (Å²) in [6, 6.07) is 8.31. The molecule has 92 valence electrons. The SMILES string of the molecule is CCCN(CC1CC1)c1ccc(C(N)=S)cc1. The third kappa shape index (κ3) is 3.43. The van der Waals surface area contributed by atoms with E-state index < -0.39 is 0 Å². The van der Waals surface area contributed by atoms with Crippen LogP contribution < -0.4 is 10.6 Å². The van der Waals surface area contributed by atoms with Gasteiger partial charge in [0.05, 0.1) is 0 Å². The van der Waals surface area contributed by atoms with Gasteiger partial charge in [0.15, 0.2) is 0 Å². The summed E-state index contributed by atoms with van der Waals surface area (Å²) in [6.07, 6.45) is 3.97. The number of nitrogens with zero attached hydrogens (tertiary/aromatic N) is 1. The lowest BCUT2D eigenvalue weighted by atomic mass is 10.2. The van der Waals surface area contributed by atoms with E-state index in [4.69, 9.17) is 18.0 Å². The van der Waals surface area contributed by atoms with Crippen LogP contribution in [-0.2, 0) is 0 Å². The predicted molar refractivity (Wildman–Crippen MR) is 77.6 cm³/mol. The Morgan fingerprint density at radius 3 is 2.47 bits per heavy atom. The van der Waals surface area contributed by atoms with Crippen molar-refractivity contribution in [3.63, 3.8) is 0 Å². The molecular formula is C14H20N2S. The second kappa shape index (κ2) is 5.50. The third-order valence-electron chi connectivity index (χ3n) is 3.19. The highest BCUT2D eigenvalue weighted by Crippen LogP contribution is 2.31. The van der Waals surface area contributed by atoms with Gasteiger partial charge in [0.1, 0.15) is 4.99 Å². The first-order valence-electron chi connectivity index (χ1n) is 6.35. The van der Waals surface area contributed by atoms with Gasteiger partial charge in [0, 0.05) is 24.3 Å². The maximum absolute atomic E-state index is 5.61. The largest absolute Gasteiger partial charge is 0.389 e. The van der Waals surface area contributed by atoms with E-state index in [1.807, 2.05) is 12.1 Å². The molecule has 1 aliphatic rings. The van der Waals surface area contributed by atoms with Crippen molar-refractivity contribution in [3.8, 4) is 0 Å². The highest BCUT2D eigenvalue weighted by molar-refractivity contribution is 7.80. The Labute approximate surface area is 109 Å². The van der Waals surface area contributed by atoms with E-state index in [-0.39, 0.29) is 0 Å². The quantitative estimate of drug-likeness (QED) is 0.785. The lowest BCUT2D eigenvalue weighted by Gasteiger charge is -2.24. The minimum absolute atomic E-state index is 0.473. The van der Waals surface area contributed by atoms with Crippen LogP contribution >= 0.6 is 12.2 Å². The molecule has 0 spiro atoms. The summed E-state index contributed by atoms with van der Waals surface area (Å²) in [5.41, 5.74) is 7.85. The molecule has 1 aromatic carbocycles. The van der Waals surface area contributed by atoms with Gasteiger partial charge < -0.3 is 10.6 Å². The van der Waals surface area contributed by atoms with E-state index in [0.29, 0.717) is 4.99 Å². The molecule has 1 saturated carbocycles. The fourth-order valence-corrected chi connectivity index (χ4v) is 2.18. The van der Waals surface area contributed by atoms with Crippen LogP contribution in [0.25, 0.3) is 0 Å². The Bertz CT molecular complexity index is 382. The van der Waals surface area contributed by atoms with Crippen molar-refractivity contribution in [1.82, 2.24) is 0 Å². The Morgan fingerprint density at radius 1 is 1.35 bits per heavy atom. The van der Waals surface area contributed by atoms with Gasteiger partial charge in [0.2, 0.25) is 0 Å². The number of hydrogen-bond donors (Lipinski definition) is 1. The smallest absolute Gasteiger partial charge is 0.103 e. The van der Waals surface area contributed by atoms with Crippen LogP contribution in [0.1, 0.15) is 31.7 Å². The first-order chi connectivity index (χ1) is 8.20. The summed E-state index contributed by atoms with van der Waals surface area (Å²) in [7, 11) is 0. The second-order valence-electron chi connectivity index (χ2n) is 4.80. The van der Waals surface area contributed by atoms with Gasteiger partial charge in [-0.15, -0.1) is 0 Å². The van der Waals surface area contributed by atoms with E-state index in [9.17, 15) is 0 Å². The van der Waals surface area contributed by atoms with Crippen LogP contribution in [0.3, 0.4) is 0 Å². The molecule has 1 fully saturated rings. The van der Waals surface area contributed by atoms with E-state index in [0.717, 1.165) is 18.0 Å². The minimum Gasteiger partial charge on any atom is -0.389 e. The highest BCUT2D eigenvalue weighted by Gasteiger charge is 2.24. The molecule has 0 aliphatic heterocycles. The van der Waals surface area contributed by atoms with Gasteiger partial charge >= 0.3 is 0 Å². The Morgan fingerprint density at radius 2 is 2.00 bits per heavy atom. The van der Waals surface area contributed by atoms with Crippen molar-refractivity contribution in [2.75, 3.05) is 18.0 Å². The highest BCUT2D eigenvalue weighted by atomic mass is 32.1. The molecule has 2 rings (SSSR count). The summed E-state index contributed by atoms with van der Waals surface area (Å²) in [6.45, 7) is 4.55. The number of nitrogens with two attached hydrogens (primary N) is 1. The molecule has 3 heteroatoms. The van der Waals surface area contributed by atoms with Crippen molar-refractivity contribution in [3.05, 3.63) is 29.8 Å². The van der Waals surface area contributed by atoms with Gasteiger partial charge in [-0.05, 0) is 49.4 Å². The number of anilines is 1. The molecule has 0 heterocycles. The average molecular weight is 248 g/mol. The topological polar surface area (TPSA) is 29.3 Å². The van der Waals surface area contributed by atoms with Gasteiger partial charge in [0.25, 0.3) is 0 Å². The molecule has 2 N–H and O–H groups in total. The van der Waals surface area contributed by atoms with E-state index >= 15 is 0 Å². The third-order valence-corrected chi connectivity index (χ3v) is 3.42. The standard InChI is InChI=1S/C14H20N2S/c1-2-9-16(10-11-3-4-11)13-7-5-12(6-8-13)14(15)17/h5-8,11H,2-4,9-10H2,1H3,(H2,15,17). The molecule has 0 aromatic heterocycles. The molecule has 0 unspecified atom stereocenters. The lowest BCUT2D eigenvalue weighted by molar-refractivity contribution is 0.708. The van der Waals surface area contributed by atoms with Crippen LogP contribution in [0.15, 0.2) is 24.3 Å². The molecule has 1 aliphatic carbocycles. The van der Waals surface area contributed by atoms with Crippen LogP contribution in [0.5, 0.6) is 0 Å². The monoisotopic (exact) mass is 248 g/mol. The minimum atomic E-state index is 0.473. The second-order valence-corrected chi connectivity index (χ2v) is 5.24. The Balaban J connectivity index is 2.08. The molecule has 0 radical (unpaired) electrons. The van der Waals surface area contributed by atoms with Crippen molar-refractivity contribution >= 4 is 22.9 Å². The maximum atomic E-state index is 5.61. The van der Waals surface area contributed by atoms with Gasteiger partial charge in [-0.2, -0.15) is 0 Å². The molecule has 1 aromatic rings. The van der Waals surface area contributed by atoms with E-state index in [2.05, 4.69) is 24.0 Å². The van der Waals surface area contributed by atoms with Crippen LogP contribution in [0, 0.1) is 5.92 Å². The van der Waals surface area contributed by atoms with E-state index in [1.165, 1.54) is 31.5 Å². The number of rotatable bonds is 6. The number of hydrogen-bond acceptors (Lipinski definition) is 2. The van der Waals surface area contributed by atoms with Gasteiger partial charge in [-0.1, -0.05) is 19.1 Å². The average Bonchev–Trinajstić information content (AvgIpc) is 3.13. The number of benzene rings is 1. The fraction of sp³-hybridized carbons (Fsp3) is 0.500. The van der Waals surface area contributed by atoms with Crippen LogP contribution in [0.4, 0.5) is 5.69 Å². The van der Waals surface area contributed by atoms with E-state index in [1.54, 1.807) is 0 Å². The molecular weight excluding hydrogens is 228 g/mol. The molecule has 0 saturated heterocycles. The van der Waals surface area contributed by atoms with Crippen molar-refractivity contribution in [2.24, 2.45) is 11.7 Å². The fourth-order valence-electron chi connectivity index (χ4n) is 2.04. The zero-order chi connectivity index (χ0) is 12.3. The summed E-state index contributed by atoms with van der Waals surface area (Å²) < 4.78 is 0. The predicted octanol–water partition coefficient (Wildman–Crippen LogP) is 2.95. The normalized spacial score (nSPS) is 14.6. The van der Waals surface area contributed by atoms with Crippen LogP contribution in [-0.4, -0.2) is 18.1 Å². The summed E-state index contributed by atoms with van der Waals surface area (Å²) in [5, 5.41) is 0. The molecule has 0 atom stereocenters. The van der Waals surface area contributed by atoms with Gasteiger partial charge in [-0.3, -0.25) is 0 Å².